The van der Waals surface area contributed by atoms with Gasteiger partial charge in [0.1, 0.15) is 6.04 Å². The molecule has 16 heavy (non-hydrogen) atoms. The Labute approximate surface area is 96.7 Å². The van der Waals surface area contributed by atoms with Crippen LogP contribution in [-0.2, 0) is 14.3 Å². The first kappa shape index (κ1) is 14.9. The van der Waals surface area contributed by atoms with Crippen LogP contribution in [0.3, 0.4) is 0 Å². The van der Waals surface area contributed by atoms with Crippen LogP contribution in [-0.4, -0.2) is 31.1 Å². The summed E-state index contributed by atoms with van der Waals surface area (Å²) in [6, 6.07) is -1.18. The molecule has 3 atom stereocenters. The molecule has 5 nitrogen and oxygen atoms in total. The second-order valence-corrected chi connectivity index (χ2v) is 3.91. The maximum absolute atomic E-state index is 11.6. The van der Waals surface area contributed by atoms with E-state index in [0.29, 0.717) is 6.42 Å². The number of amides is 1. The minimum atomic E-state index is -0.611. The van der Waals surface area contributed by atoms with Crippen molar-refractivity contribution in [1.29, 1.82) is 0 Å². The fraction of sp³-hybridized carbons (Fsp3) is 0.818. The molecule has 1 amide bonds. The minimum absolute atomic E-state index is 0.0282. The average Bonchev–Trinajstić information content (AvgIpc) is 2.32. The lowest BCUT2D eigenvalue weighted by Crippen LogP contribution is -2.51. The third-order valence-corrected chi connectivity index (χ3v) is 2.74. The van der Waals surface area contributed by atoms with E-state index in [4.69, 9.17) is 5.73 Å². The Balaban J connectivity index is 4.55. The van der Waals surface area contributed by atoms with Crippen LogP contribution in [0.2, 0.25) is 0 Å². The lowest BCUT2D eigenvalue weighted by atomic mass is 9.99. The predicted molar refractivity (Wildman–Crippen MR) is 61.7 cm³/mol. The molecule has 2 unspecified atom stereocenters. The number of nitrogens with two attached hydrogens (primary N) is 1. The number of methoxy groups -OCH3 is 1. The number of ether oxygens (including phenoxy) is 1. The molecule has 0 saturated carbocycles. The van der Waals surface area contributed by atoms with Crippen molar-refractivity contribution in [3.8, 4) is 0 Å². The smallest absolute Gasteiger partial charge is 0.328 e. The van der Waals surface area contributed by atoms with Gasteiger partial charge in [0.2, 0.25) is 5.91 Å². The van der Waals surface area contributed by atoms with E-state index in [9.17, 15) is 9.59 Å². The maximum atomic E-state index is 11.6. The van der Waals surface area contributed by atoms with E-state index in [-0.39, 0.29) is 11.8 Å². The number of carbonyl (C=O) groups is 2. The summed E-state index contributed by atoms with van der Waals surface area (Å²) in [5, 5.41) is 2.63. The molecule has 0 aromatic rings. The topological polar surface area (TPSA) is 81.4 Å². The minimum Gasteiger partial charge on any atom is -0.467 e. The summed E-state index contributed by atoms with van der Waals surface area (Å²) in [6.45, 7) is 5.66. The molecule has 0 spiro atoms. The van der Waals surface area contributed by atoms with Crippen molar-refractivity contribution >= 4 is 11.9 Å². The fourth-order valence-electron chi connectivity index (χ4n) is 1.24. The first-order valence-electron chi connectivity index (χ1n) is 5.61. The van der Waals surface area contributed by atoms with E-state index in [2.05, 4.69) is 10.1 Å². The van der Waals surface area contributed by atoms with E-state index in [0.717, 1.165) is 6.42 Å². The Morgan fingerprint density at radius 3 is 2.25 bits per heavy atom. The van der Waals surface area contributed by atoms with Crippen LogP contribution in [0, 0.1) is 5.92 Å². The third-order valence-electron chi connectivity index (χ3n) is 2.74. The van der Waals surface area contributed by atoms with E-state index in [1.807, 2.05) is 20.8 Å². The fourth-order valence-corrected chi connectivity index (χ4v) is 1.24. The number of rotatable bonds is 6. The highest BCUT2D eigenvalue weighted by atomic mass is 16.5. The summed E-state index contributed by atoms with van der Waals surface area (Å²) in [5.74, 6) is -0.704. The SMILES string of the molecule is CCC(C)C(NC(=O)[C@H](N)CC)C(=O)OC. The van der Waals surface area contributed by atoms with Crippen LogP contribution in [0.15, 0.2) is 0 Å². The Hall–Kier alpha value is -1.10. The first-order valence-corrected chi connectivity index (χ1v) is 5.61. The van der Waals surface area contributed by atoms with Crippen molar-refractivity contribution in [3.05, 3.63) is 0 Å². The van der Waals surface area contributed by atoms with Crippen LogP contribution in [0.1, 0.15) is 33.6 Å². The molecule has 0 aliphatic carbocycles. The summed E-state index contributed by atoms with van der Waals surface area (Å²) < 4.78 is 4.66. The van der Waals surface area contributed by atoms with Crippen molar-refractivity contribution < 1.29 is 14.3 Å². The lowest BCUT2D eigenvalue weighted by molar-refractivity contribution is -0.146. The zero-order valence-corrected chi connectivity index (χ0v) is 10.4. The summed E-state index contributed by atoms with van der Waals surface area (Å²) >= 11 is 0. The Morgan fingerprint density at radius 2 is 1.88 bits per heavy atom. The molecule has 0 aliphatic heterocycles. The first-order chi connectivity index (χ1) is 7.47. The molecular formula is C11H22N2O3. The molecule has 0 aromatic carbocycles. The molecule has 0 fully saturated rings. The van der Waals surface area contributed by atoms with Crippen LogP contribution in [0.25, 0.3) is 0 Å². The van der Waals surface area contributed by atoms with Gasteiger partial charge in [0.15, 0.2) is 0 Å². The predicted octanol–water partition coefficient (Wildman–Crippen LogP) is 0.428. The summed E-state index contributed by atoms with van der Waals surface area (Å²) in [6.07, 6.45) is 1.32. The van der Waals surface area contributed by atoms with Gasteiger partial charge in [0, 0.05) is 0 Å². The molecule has 0 aliphatic rings. The van der Waals surface area contributed by atoms with Crippen molar-refractivity contribution in [1.82, 2.24) is 5.32 Å². The quantitative estimate of drug-likeness (QED) is 0.648. The second kappa shape index (κ2) is 7.22. The van der Waals surface area contributed by atoms with Gasteiger partial charge in [-0.25, -0.2) is 4.79 Å². The number of hydrogen-bond acceptors (Lipinski definition) is 4. The van der Waals surface area contributed by atoms with E-state index < -0.39 is 18.1 Å². The summed E-state index contributed by atoms with van der Waals surface area (Å²) in [4.78, 5) is 23.1. The molecule has 3 N–H and O–H groups in total. The van der Waals surface area contributed by atoms with E-state index in [1.165, 1.54) is 7.11 Å². The number of hydrogen-bond donors (Lipinski definition) is 2. The van der Waals surface area contributed by atoms with Gasteiger partial charge < -0.3 is 15.8 Å². The van der Waals surface area contributed by atoms with Crippen molar-refractivity contribution in [2.75, 3.05) is 7.11 Å². The van der Waals surface area contributed by atoms with Crippen LogP contribution >= 0.6 is 0 Å². The highest BCUT2D eigenvalue weighted by Gasteiger charge is 2.27. The van der Waals surface area contributed by atoms with Gasteiger partial charge in [-0.3, -0.25) is 4.79 Å². The lowest BCUT2D eigenvalue weighted by Gasteiger charge is -2.23. The van der Waals surface area contributed by atoms with Crippen molar-refractivity contribution in [2.45, 2.75) is 45.7 Å². The van der Waals surface area contributed by atoms with Gasteiger partial charge >= 0.3 is 5.97 Å². The Morgan fingerprint density at radius 1 is 1.31 bits per heavy atom. The monoisotopic (exact) mass is 230 g/mol. The molecular weight excluding hydrogens is 208 g/mol. The number of carbonyl (C=O) groups excluding carboxylic acids is 2. The van der Waals surface area contributed by atoms with Gasteiger partial charge in [-0.05, 0) is 12.3 Å². The van der Waals surface area contributed by atoms with Crippen LogP contribution < -0.4 is 11.1 Å². The van der Waals surface area contributed by atoms with E-state index in [1.54, 1.807) is 0 Å². The van der Waals surface area contributed by atoms with Gasteiger partial charge in [0.05, 0.1) is 13.2 Å². The second-order valence-electron chi connectivity index (χ2n) is 3.91. The highest BCUT2D eigenvalue weighted by molar-refractivity contribution is 5.87. The van der Waals surface area contributed by atoms with Crippen molar-refractivity contribution in [3.63, 3.8) is 0 Å². The number of nitrogens with one attached hydrogen (secondary N) is 1. The van der Waals surface area contributed by atoms with Gasteiger partial charge in [-0.15, -0.1) is 0 Å². The summed E-state index contributed by atoms with van der Waals surface area (Å²) in [7, 11) is 1.31. The zero-order valence-electron chi connectivity index (χ0n) is 10.4. The molecule has 5 heteroatoms. The summed E-state index contributed by atoms with van der Waals surface area (Å²) in [5.41, 5.74) is 5.58. The molecule has 0 saturated heterocycles. The molecule has 0 heterocycles. The van der Waals surface area contributed by atoms with E-state index >= 15 is 0 Å². The van der Waals surface area contributed by atoms with Crippen molar-refractivity contribution in [2.24, 2.45) is 11.7 Å². The number of esters is 1. The Kier molecular flexibility index (Phi) is 6.72. The standard InChI is InChI=1S/C11H22N2O3/c1-5-7(3)9(11(15)16-4)13-10(14)8(12)6-2/h7-9H,5-6,12H2,1-4H3,(H,13,14)/t7?,8-,9?/m1/s1. The van der Waals surface area contributed by atoms with Gasteiger partial charge in [0.25, 0.3) is 0 Å². The zero-order chi connectivity index (χ0) is 12.7. The van der Waals surface area contributed by atoms with Gasteiger partial charge in [-0.2, -0.15) is 0 Å². The van der Waals surface area contributed by atoms with Gasteiger partial charge in [-0.1, -0.05) is 27.2 Å². The molecule has 0 aromatic heterocycles. The normalized spacial score (nSPS) is 16.1. The molecule has 0 rings (SSSR count). The molecule has 0 radical (unpaired) electrons. The average molecular weight is 230 g/mol. The molecule has 94 valence electrons. The van der Waals surface area contributed by atoms with Crippen LogP contribution in [0.4, 0.5) is 0 Å². The maximum Gasteiger partial charge on any atom is 0.328 e. The largest absolute Gasteiger partial charge is 0.467 e. The highest BCUT2D eigenvalue weighted by Crippen LogP contribution is 2.09. The molecule has 0 bridgehead atoms. The third kappa shape index (κ3) is 4.18. The van der Waals surface area contributed by atoms with Crippen LogP contribution in [0.5, 0.6) is 0 Å². The Bertz CT molecular complexity index is 243.